The number of methoxy groups -OCH3 is 1. The highest BCUT2D eigenvalue weighted by Crippen LogP contribution is 2.27. The SMILES string of the molecule is CCc1ccc(F)c(CCC=O)c1OC. The molecule has 0 aliphatic carbocycles. The van der Waals surface area contributed by atoms with Crippen LogP contribution in [-0.4, -0.2) is 13.4 Å². The number of aryl methyl sites for hydroxylation is 1. The number of benzene rings is 1. The van der Waals surface area contributed by atoms with Gasteiger partial charge in [-0.15, -0.1) is 0 Å². The molecule has 0 aliphatic heterocycles. The van der Waals surface area contributed by atoms with E-state index in [0.717, 1.165) is 18.3 Å². The first-order valence-corrected chi connectivity index (χ1v) is 5.02. The van der Waals surface area contributed by atoms with Crippen molar-refractivity contribution < 1.29 is 13.9 Å². The van der Waals surface area contributed by atoms with Crippen molar-refractivity contribution in [3.05, 3.63) is 29.1 Å². The second-order valence-electron chi connectivity index (χ2n) is 3.28. The molecule has 0 atom stereocenters. The number of carbonyl (C=O) groups excluding carboxylic acids is 1. The smallest absolute Gasteiger partial charge is 0.130 e. The zero-order valence-corrected chi connectivity index (χ0v) is 9.05. The van der Waals surface area contributed by atoms with E-state index in [4.69, 9.17) is 4.74 Å². The molecule has 0 unspecified atom stereocenters. The first kappa shape index (κ1) is 11.7. The number of halogens is 1. The van der Waals surface area contributed by atoms with Crippen molar-refractivity contribution in [1.82, 2.24) is 0 Å². The summed E-state index contributed by atoms with van der Waals surface area (Å²) in [6.07, 6.45) is 2.29. The Labute approximate surface area is 89.1 Å². The molecule has 0 N–H and O–H groups in total. The van der Waals surface area contributed by atoms with Crippen LogP contribution in [0, 0.1) is 5.82 Å². The maximum Gasteiger partial charge on any atom is 0.130 e. The third-order valence-corrected chi connectivity index (χ3v) is 2.38. The van der Waals surface area contributed by atoms with Crippen molar-refractivity contribution in [2.45, 2.75) is 26.2 Å². The van der Waals surface area contributed by atoms with Gasteiger partial charge < -0.3 is 9.53 Å². The van der Waals surface area contributed by atoms with Gasteiger partial charge in [0.2, 0.25) is 0 Å². The number of hydrogen-bond acceptors (Lipinski definition) is 2. The lowest BCUT2D eigenvalue weighted by atomic mass is 10.0. The van der Waals surface area contributed by atoms with E-state index in [2.05, 4.69) is 0 Å². The predicted molar refractivity (Wildman–Crippen MR) is 56.7 cm³/mol. The van der Waals surface area contributed by atoms with Gasteiger partial charge in [-0.2, -0.15) is 0 Å². The summed E-state index contributed by atoms with van der Waals surface area (Å²) in [5.41, 5.74) is 1.48. The third kappa shape index (κ3) is 2.55. The first-order valence-electron chi connectivity index (χ1n) is 5.02. The van der Waals surface area contributed by atoms with Gasteiger partial charge in [-0.05, 0) is 24.5 Å². The second-order valence-corrected chi connectivity index (χ2v) is 3.28. The summed E-state index contributed by atoms with van der Waals surface area (Å²) in [7, 11) is 1.53. The molecule has 0 heterocycles. The summed E-state index contributed by atoms with van der Waals surface area (Å²) in [4.78, 5) is 10.3. The molecule has 0 amide bonds. The molecule has 2 nitrogen and oxygen atoms in total. The van der Waals surface area contributed by atoms with Gasteiger partial charge in [0, 0.05) is 12.0 Å². The van der Waals surface area contributed by atoms with Crippen LogP contribution in [0.1, 0.15) is 24.5 Å². The van der Waals surface area contributed by atoms with Crippen LogP contribution in [0.15, 0.2) is 12.1 Å². The highest BCUT2D eigenvalue weighted by atomic mass is 19.1. The van der Waals surface area contributed by atoms with E-state index in [0.29, 0.717) is 24.2 Å². The fourth-order valence-electron chi connectivity index (χ4n) is 1.62. The summed E-state index contributed by atoms with van der Waals surface area (Å²) in [6.45, 7) is 1.99. The molecule has 1 aromatic rings. The minimum absolute atomic E-state index is 0.300. The molecule has 0 bridgehead atoms. The quantitative estimate of drug-likeness (QED) is 0.698. The van der Waals surface area contributed by atoms with Crippen LogP contribution in [0.4, 0.5) is 4.39 Å². The average Bonchev–Trinajstić information content (AvgIpc) is 2.27. The Hall–Kier alpha value is -1.38. The molecule has 0 saturated heterocycles. The van der Waals surface area contributed by atoms with Crippen LogP contribution in [0.25, 0.3) is 0 Å². The molecule has 82 valence electrons. The summed E-state index contributed by atoms with van der Waals surface area (Å²) in [6, 6.07) is 3.15. The maximum atomic E-state index is 13.5. The van der Waals surface area contributed by atoms with Crippen LogP contribution >= 0.6 is 0 Å². The van der Waals surface area contributed by atoms with Crippen molar-refractivity contribution in [3.63, 3.8) is 0 Å². The van der Waals surface area contributed by atoms with Crippen molar-refractivity contribution in [3.8, 4) is 5.75 Å². The fourth-order valence-corrected chi connectivity index (χ4v) is 1.62. The Bertz CT molecular complexity index is 348. The molecule has 1 rings (SSSR count). The highest BCUT2D eigenvalue weighted by molar-refractivity contribution is 5.52. The van der Waals surface area contributed by atoms with Gasteiger partial charge in [0.1, 0.15) is 17.9 Å². The van der Waals surface area contributed by atoms with Crippen molar-refractivity contribution in [1.29, 1.82) is 0 Å². The van der Waals surface area contributed by atoms with Crippen LogP contribution in [0.5, 0.6) is 5.75 Å². The molecule has 3 heteroatoms. The summed E-state index contributed by atoms with van der Waals surface area (Å²) >= 11 is 0. The van der Waals surface area contributed by atoms with Crippen LogP contribution < -0.4 is 4.74 Å². The largest absolute Gasteiger partial charge is 0.496 e. The average molecular weight is 210 g/mol. The molecule has 1 aromatic carbocycles. The van der Waals surface area contributed by atoms with Crippen molar-refractivity contribution in [2.75, 3.05) is 7.11 Å². The van der Waals surface area contributed by atoms with Gasteiger partial charge in [-0.1, -0.05) is 13.0 Å². The Morgan fingerprint density at radius 3 is 2.73 bits per heavy atom. The number of aldehydes is 1. The molecule has 0 spiro atoms. The monoisotopic (exact) mass is 210 g/mol. The number of rotatable bonds is 5. The Morgan fingerprint density at radius 1 is 1.47 bits per heavy atom. The number of hydrogen-bond donors (Lipinski definition) is 0. The van der Waals surface area contributed by atoms with Gasteiger partial charge in [0.15, 0.2) is 0 Å². The van der Waals surface area contributed by atoms with E-state index in [1.165, 1.54) is 13.2 Å². The van der Waals surface area contributed by atoms with E-state index in [9.17, 15) is 9.18 Å². The Kier molecular flexibility index (Phi) is 4.28. The van der Waals surface area contributed by atoms with Gasteiger partial charge in [-0.25, -0.2) is 4.39 Å². The van der Waals surface area contributed by atoms with Gasteiger partial charge in [0.25, 0.3) is 0 Å². The van der Waals surface area contributed by atoms with E-state index >= 15 is 0 Å². The second kappa shape index (κ2) is 5.49. The van der Waals surface area contributed by atoms with Crippen molar-refractivity contribution in [2.24, 2.45) is 0 Å². The normalized spacial score (nSPS) is 10.1. The minimum Gasteiger partial charge on any atom is -0.496 e. The summed E-state index contributed by atoms with van der Waals surface area (Å²) in [5, 5.41) is 0. The molecular formula is C12H15FO2. The molecule has 0 radical (unpaired) electrons. The summed E-state index contributed by atoms with van der Waals surface area (Å²) < 4.78 is 18.7. The molecule has 0 fully saturated rings. The zero-order chi connectivity index (χ0) is 11.3. The minimum atomic E-state index is -0.300. The standard InChI is InChI=1S/C12H15FO2/c1-3-9-6-7-11(13)10(5-4-8-14)12(9)15-2/h6-8H,3-5H2,1-2H3. The lowest BCUT2D eigenvalue weighted by Crippen LogP contribution is -2.00. The fraction of sp³-hybridized carbons (Fsp3) is 0.417. The number of carbonyl (C=O) groups is 1. The predicted octanol–water partition coefficient (Wildman–Crippen LogP) is 2.53. The molecule has 0 aliphatic rings. The van der Waals surface area contributed by atoms with Gasteiger partial charge >= 0.3 is 0 Å². The topological polar surface area (TPSA) is 26.3 Å². The van der Waals surface area contributed by atoms with E-state index in [1.807, 2.05) is 6.92 Å². The lowest BCUT2D eigenvalue weighted by Gasteiger charge is -2.12. The number of ether oxygens (including phenoxy) is 1. The zero-order valence-electron chi connectivity index (χ0n) is 9.05. The van der Waals surface area contributed by atoms with Crippen molar-refractivity contribution >= 4 is 6.29 Å². The molecule has 0 aromatic heterocycles. The first-order chi connectivity index (χ1) is 7.24. The maximum absolute atomic E-state index is 13.5. The Balaban J connectivity index is 3.13. The van der Waals surface area contributed by atoms with Crippen LogP contribution in [0.3, 0.4) is 0 Å². The summed E-state index contributed by atoms with van der Waals surface area (Å²) in [5.74, 6) is 0.283. The van der Waals surface area contributed by atoms with Gasteiger partial charge in [0.05, 0.1) is 7.11 Å². The van der Waals surface area contributed by atoms with Gasteiger partial charge in [-0.3, -0.25) is 0 Å². The van der Waals surface area contributed by atoms with E-state index in [1.54, 1.807) is 6.07 Å². The van der Waals surface area contributed by atoms with Crippen LogP contribution in [-0.2, 0) is 17.6 Å². The third-order valence-electron chi connectivity index (χ3n) is 2.38. The molecule has 0 saturated carbocycles. The van der Waals surface area contributed by atoms with E-state index in [-0.39, 0.29) is 5.82 Å². The lowest BCUT2D eigenvalue weighted by molar-refractivity contribution is -0.107. The van der Waals surface area contributed by atoms with Crippen LogP contribution in [0.2, 0.25) is 0 Å². The molecular weight excluding hydrogens is 195 g/mol. The highest BCUT2D eigenvalue weighted by Gasteiger charge is 2.12. The van der Waals surface area contributed by atoms with E-state index < -0.39 is 0 Å². The molecule has 15 heavy (non-hydrogen) atoms. The Morgan fingerprint density at radius 2 is 2.20 bits per heavy atom.